The predicted molar refractivity (Wildman–Crippen MR) is 144 cm³/mol. The lowest BCUT2D eigenvalue weighted by molar-refractivity contribution is -0.384. The molecule has 5 rings (SSSR count). The molecule has 2 N–H and O–H groups in total. The molecule has 0 saturated carbocycles. The number of nitro benzene ring substituents is 1. The van der Waals surface area contributed by atoms with Crippen LogP contribution in [0, 0.1) is 24.0 Å². The van der Waals surface area contributed by atoms with Gasteiger partial charge in [-0.25, -0.2) is 4.98 Å². The Labute approximate surface area is 217 Å². The second-order valence-corrected chi connectivity index (χ2v) is 9.59. The number of nitrogens with one attached hydrogen (secondary N) is 2. The number of benzene rings is 3. The lowest BCUT2D eigenvalue weighted by Crippen LogP contribution is -2.22. The van der Waals surface area contributed by atoms with Crippen LogP contribution in [0.1, 0.15) is 44.6 Å². The fourth-order valence-electron chi connectivity index (χ4n) is 4.07. The number of non-ortho nitro benzene ring substituents is 1. The maximum Gasteiger partial charge on any atom is 0.271 e. The second-order valence-electron chi connectivity index (χ2n) is 8.59. The number of hydrazone groups is 1. The van der Waals surface area contributed by atoms with Gasteiger partial charge in [0.15, 0.2) is 0 Å². The number of aromatic nitrogens is 1. The molecule has 0 radical (unpaired) electrons. The van der Waals surface area contributed by atoms with Gasteiger partial charge in [-0.1, -0.05) is 59.4 Å². The Kier molecular flexibility index (Phi) is 6.65. The molecule has 1 atom stereocenters. The van der Waals surface area contributed by atoms with E-state index < -0.39 is 10.8 Å². The van der Waals surface area contributed by atoms with Crippen molar-refractivity contribution in [2.75, 3.05) is 10.7 Å². The van der Waals surface area contributed by atoms with Gasteiger partial charge in [0.05, 0.1) is 16.3 Å². The molecule has 2 heterocycles. The van der Waals surface area contributed by atoms with Gasteiger partial charge in [-0.05, 0) is 37.6 Å². The zero-order chi connectivity index (χ0) is 25.9. The van der Waals surface area contributed by atoms with Crippen molar-refractivity contribution in [3.05, 3.63) is 110 Å². The topological polar surface area (TPSA) is 119 Å². The zero-order valence-electron chi connectivity index (χ0n) is 20.1. The van der Waals surface area contributed by atoms with Gasteiger partial charge in [0.2, 0.25) is 5.13 Å². The van der Waals surface area contributed by atoms with E-state index in [1.807, 2.05) is 55.5 Å². The van der Waals surface area contributed by atoms with Gasteiger partial charge in [-0.15, -0.1) is 0 Å². The summed E-state index contributed by atoms with van der Waals surface area (Å²) in [4.78, 5) is 28.2. The standard InChI is InChI=1S/C27H23N5O4S/c1-16-11-12-23-21(13-16)22(15-24(36-23)18-7-4-3-5-8-18)30-31-27-28-17(2)25(37-27)26(33)29-19-9-6-10-20(14-19)32(34)35/h3-14,24H,15H2,1-2H3,(H,28,31)(H,29,33)/b30-22-. The quantitative estimate of drug-likeness (QED) is 0.232. The first-order valence-electron chi connectivity index (χ1n) is 11.6. The molecule has 1 aliphatic rings. The van der Waals surface area contributed by atoms with Gasteiger partial charge in [-0.3, -0.25) is 20.3 Å². The van der Waals surface area contributed by atoms with Crippen molar-refractivity contribution in [1.82, 2.24) is 4.98 Å². The summed E-state index contributed by atoms with van der Waals surface area (Å²) in [7, 11) is 0. The van der Waals surface area contributed by atoms with E-state index in [1.54, 1.807) is 13.0 Å². The normalized spacial score (nSPS) is 15.5. The second kappa shape index (κ2) is 10.2. The number of hydrogen-bond donors (Lipinski definition) is 2. The van der Waals surface area contributed by atoms with Crippen LogP contribution in [-0.2, 0) is 0 Å². The smallest absolute Gasteiger partial charge is 0.271 e. The Morgan fingerprint density at radius 2 is 1.92 bits per heavy atom. The number of ether oxygens (including phenoxy) is 1. The van der Waals surface area contributed by atoms with E-state index in [0.29, 0.717) is 27.8 Å². The molecule has 37 heavy (non-hydrogen) atoms. The summed E-state index contributed by atoms with van der Waals surface area (Å²) in [5, 5.41) is 18.9. The van der Waals surface area contributed by atoms with Crippen LogP contribution in [0.5, 0.6) is 5.75 Å². The third-order valence-electron chi connectivity index (χ3n) is 5.87. The van der Waals surface area contributed by atoms with Gasteiger partial charge < -0.3 is 10.1 Å². The van der Waals surface area contributed by atoms with Crippen LogP contribution in [-0.4, -0.2) is 21.5 Å². The number of amides is 1. The third kappa shape index (κ3) is 5.34. The molecule has 0 aliphatic carbocycles. The lowest BCUT2D eigenvalue weighted by Gasteiger charge is -2.27. The summed E-state index contributed by atoms with van der Waals surface area (Å²) in [5.41, 5.74) is 7.69. The Morgan fingerprint density at radius 3 is 2.70 bits per heavy atom. The molecule has 4 aromatic rings. The largest absolute Gasteiger partial charge is 0.485 e. The molecule has 0 spiro atoms. The van der Waals surface area contributed by atoms with Gasteiger partial charge >= 0.3 is 0 Å². The monoisotopic (exact) mass is 513 g/mol. The number of thiazole rings is 1. The van der Waals surface area contributed by atoms with Crippen LogP contribution >= 0.6 is 11.3 Å². The van der Waals surface area contributed by atoms with Crippen molar-refractivity contribution in [2.24, 2.45) is 5.10 Å². The van der Waals surface area contributed by atoms with Crippen molar-refractivity contribution in [2.45, 2.75) is 26.4 Å². The molecular formula is C27H23N5O4S. The highest BCUT2D eigenvalue weighted by molar-refractivity contribution is 7.17. The molecule has 10 heteroatoms. The minimum Gasteiger partial charge on any atom is -0.485 e. The van der Waals surface area contributed by atoms with E-state index in [2.05, 4.69) is 20.8 Å². The van der Waals surface area contributed by atoms with E-state index >= 15 is 0 Å². The van der Waals surface area contributed by atoms with E-state index in [9.17, 15) is 14.9 Å². The number of fused-ring (bicyclic) bond motifs is 1. The van der Waals surface area contributed by atoms with Crippen LogP contribution in [0.2, 0.25) is 0 Å². The zero-order valence-corrected chi connectivity index (χ0v) is 20.9. The average molecular weight is 514 g/mol. The molecular weight excluding hydrogens is 490 g/mol. The first-order chi connectivity index (χ1) is 17.9. The molecule has 0 saturated heterocycles. The van der Waals surface area contributed by atoms with E-state index in [4.69, 9.17) is 4.74 Å². The van der Waals surface area contributed by atoms with Gasteiger partial charge in [0.1, 0.15) is 16.7 Å². The minimum absolute atomic E-state index is 0.0993. The summed E-state index contributed by atoms with van der Waals surface area (Å²) in [6, 6.07) is 21.8. The fourth-order valence-corrected chi connectivity index (χ4v) is 4.87. The van der Waals surface area contributed by atoms with Crippen molar-refractivity contribution >= 4 is 39.5 Å². The van der Waals surface area contributed by atoms with Crippen molar-refractivity contribution in [1.29, 1.82) is 0 Å². The number of nitrogens with zero attached hydrogens (tertiary/aromatic N) is 3. The summed E-state index contributed by atoms with van der Waals surface area (Å²) >= 11 is 1.16. The molecule has 186 valence electrons. The lowest BCUT2D eigenvalue weighted by atomic mass is 9.94. The van der Waals surface area contributed by atoms with E-state index in [-0.39, 0.29) is 11.8 Å². The summed E-state index contributed by atoms with van der Waals surface area (Å²) in [5.74, 6) is 0.367. The molecule has 1 aromatic heterocycles. The first kappa shape index (κ1) is 24.1. The fraction of sp³-hybridized carbons (Fsp3) is 0.148. The average Bonchev–Trinajstić information content (AvgIpc) is 3.28. The van der Waals surface area contributed by atoms with Crippen molar-refractivity contribution < 1.29 is 14.5 Å². The van der Waals surface area contributed by atoms with Gasteiger partial charge in [-0.2, -0.15) is 5.10 Å². The minimum atomic E-state index is -0.507. The highest BCUT2D eigenvalue weighted by Gasteiger charge is 2.27. The Bertz CT molecular complexity index is 1520. The number of rotatable bonds is 6. The van der Waals surface area contributed by atoms with Gasteiger partial charge in [0.25, 0.3) is 11.6 Å². The molecule has 0 bridgehead atoms. The van der Waals surface area contributed by atoms with Crippen LogP contribution in [0.15, 0.2) is 77.9 Å². The molecule has 0 fully saturated rings. The van der Waals surface area contributed by atoms with Crippen molar-refractivity contribution in [3.63, 3.8) is 0 Å². The van der Waals surface area contributed by atoms with Crippen molar-refractivity contribution in [3.8, 4) is 5.75 Å². The molecule has 1 aliphatic heterocycles. The Morgan fingerprint density at radius 1 is 1.11 bits per heavy atom. The molecule has 1 unspecified atom stereocenters. The number of aryl methyl sites for hydroxylation is 2. The molecule has 3 aromatic carbocycles. The number of carbonyl (C=O) groups excluding carboxylic acids is 1. The number of carbonyl (C=O) groups is 1. The first-order valence-corrected chi connectivity index (χ1v) is 12.4. The predicted octanol–water partition coefficient (Wildman–Crippen LogP) is 6.26. The number of nitro groups is 1. The third-order valence-corrected chi connectivity index (χ3v) is 6.93. The highest BCUT2D eigenvalue weighted by Crippen LogP contribution is 2.36. The Hall–Kier alpha value is -4.57. The van der Waals surface area contributed by atoms with Crippen LogP contribution in [0.25, 0.3) is 0 Å². The Balaban J connectivity index is 1.37. The van der Waals surface area contributed by atoms with Crippen LogP contribution in [0.4, 0.5) is 16.5 Å². The van der Waals surface area contributed by atoms with E-state index in [1.165, 1.54) is 18.2 Å². The van der Waals surface area contributed by atoms with Gasteiger partial charge in [0, 0.05) is 29.8 Å². The van der Waals surface area contributed by atoms with Crippen LogP contribution < -0.4 is 15.5 Å². The molecule has 1 amide bonds. The summed E-state index contributed by atoms with van der Waals surface area (Å²) in [6.45, 7) is 3.75. The maximum absolute atomic E-state index is 12.8. The van der Waals surface area contributed by atoms with Crippen LogP contribution in [0.3, 0.4) is 0 Å². The summed E-state index contributed by atoms with van der Waals surface area (Å²) in [6.07, 6.45) is 0.393. The maximum atomic E-state index is 12.8. The molecule has 9 nitrogen and oxygen atoms in total. The number of anilines is 2. The SMILES string of the molecule is Cc1ccc2c(c1)/C(=N\Nc1nc(C)c(C(=O)Nc3cccc([N+](=O)[O-])c3)s1)CC(c1ccccc1)O2. The van der Waals surface area contributed by atoms with E-state index in [0.717, 1.165) is 39.5 Å². The summed E-state index contributed by atoms with van der Waals surface area (Å²) < 4.78 is 6.27. The number of hydrogen-bond acceptors (Lipinski definition) is 8. The highest BCUT2D eigenvalue weighted by atomic mass is 32.1.